The third-order valence-corrected chi connectivity index (χ3v) is 2.56. The minimum absolute atomic E-state index is 0.299. The lowest BCUT2D eigenvalue weighted by atomic mass is 10.1. The number of nitriles is 1. The van der Waals surface area contributed by atoms with E-state index in [0.717, 1.165) is 17.5 Å². The van der Waals surface area contributed by atoms with Crippen LogP contribution in [0, 0.1) is 11.3 Å². The van der Waals surface area contributed by atoms with Gasteiger partial charge in [-0.05, 0) is 17.5 Å². The molecule has 1 aromatic heterocycles. The van der Waals surface area contributed by atoms with Gasteiger partial charge in [0, 0.05) is 11.8 Å². The average molecular weight is 211 g/mol. The molecular weight excluding hydrogens is 198 g/mol. The van der Waals surface area contributed by atoms with Crippen molar-refractivity contribution in [2.45, 2.75) is 19.9 Å². The fraction of sp³-hybridized carbons (Fsp3) is 0.231. The van der Waals surface area contributed by atoms with Crippen LogP contribution in [0.15, 0.2) is 36.7 Å². The predicted molar refractivity (Wildman–Crippen MR) is 62.7 cm³/mol. The molecule has 1 aromatic carbocycles. The zero-order chi connectivity index (χ0) is 11.4. The van der Waals surface area contributed by atoms with Gasteiger partial charge < -0.3 is 0 Å². The van der Waals surface area contributed by atoms with Gasteiger partial charge in [0.2, 0.25) is 0 Å². The summed E-state index contributed by atoms with van der Waals surface area (Å²) in [6, 6.07) is 10.5. The Hall–Kier alpha value is -2.08. The van der Waals surface area contributed by atoms with Crippen LogP contribution in [0.2, 0.25) is 0 Å². The Balaban J connectivity index is 2.25. The average Bonchev–Trinajstić information content (AvgIpc) is 2.78. The molecule has 0 fully saturated rings. The van der Waals surface area contributed by atoms with Gasteiger partial charge in [0.05, 0.1) is 12.3 Å². The van der Waals surface area contributed by atoms with Crippen LogP contribution in [0.3, 0.4) is 0 Å². The zero-order valence-electron chi connectivity index (χ0n) is 9.22. The van der Waals surface area contributed by atoms with E-state index in [0.29, 0.717) is 6.54 Å². The lowest BCUT2D eigenvalue weighted by molar-refractivity contribution is 0.710. The van der Waals surface area contributed by atoms with E-state index in [4.69, 9.17) is 5.26 Å². The maximum Gasteiger partial charge on any atom is 0.128 e. The van der Waals surface area contributed by atoms with Gasteiger partial charge in [-0.15, -0.1) is 0 Å². The van der Waals surface area contributed by atoms with E-state index in [9.17, 15) is 0 Å². The van der Waals surface area contributed by atoms with Crippen LogP contribution in [0.1, 0.15) is 12.5 Å². The van der Waals surface area contributed by atoms with Gasteiger partial charge in [-0.2, -0.15) is 10.4 Å². The van der Waals surface area contributed by atoms with E-state index >= 15 is 0 Å². The van der Waals surface area contributed by atoms with Crippen molar-refractivity contribution in [2.75, 3.05) is 0 Å². The lowest BCUT2D eigenvalue weighted by Gasteiger charge is -1.99. The first-order valence-corrected chi connectivity index (χ1v) is 5.32. The molecule has 2 rings (SSSR count). The molecule has 0 saturated carbocycles. The third-order valence-electron chi connectivity index (χ3n) is 2.56. The van der Waals surface area contributed by atoms with Crippen molar-refractivity contribution in [1.29, 1.82) is 5.26 Å². The topological polar surface area (TPSA) is 41.6 Å². The van der Waals surface area contributed by atoms with Gasteiger partial charge in [-0.3, -0.25) is 4.68 Å². The molecule has 0 unspecified atom stereocenters. The van der Waals surface area contributed by atoms with Crippen LogP contribution >= 0.6 is 0 Å². The van der Waals surface area contributed by atoms with E-state index in [1.807, 2.05) is 6.20 Å². The maximum absolute atomic E-state index is 8.56. The summed E-state index contributed by atoms with van der Waals surface area (Å²) in [6.45, 7) is 2.44. The number of hydrogen-bond donors (Lipinski definition) is 0. The standard InChI is InChI=1S/C13H13N3/c1-2-11-3-5-12(6-4-11)13-9-15-16(10-13)8-7-14/h3-6,9-10H,2,8H2,1H3. The maximum atomic E-state index is 8.56. The third kappa shape index (κ3) is 2.12. The lowest BCUT2D eigenvalue weighted by Crippen LogP contribution is -1.93. The van der Waals surface area contributed by atoms with Gasteiger partial charge in [0.1, 0.15) is 6.54 Å². The summed E-state index contributed by atoms with van der Waals surface area (Å²) in [7, 11) is 0. The molecule has 0 aliphatic rings. The first-order valence-electron chi connectivity index (χ1n) is 5.32. The summed E-state index contributed by atoms with van der Waals surface area (Å²) in [5, 5.41) is 12.7. The summed E-state index contributed by atoms with van der Waals surface area (Å²) in [5.74, 6) is 0. The van der Waals surface area contributed by atoms with Crippen LogP contribution < -0.4 is 0 Å². The van der Waals surface area contributed by atoms with E-state index in [1.165, 1.54) is 5.56 Å². The molecule has 0 saturated heterocycles. The number of hydrogen-bond acceptors (Lipinski definition) is 2. The monoisotopic (exact) mass is 211 g/mol. The molecule has 0 atom stereocenters. The van der Waals surface area contributed by atoms with Gasteiger partial charge in [0.25, 0.3) is 0 Å². The molecule has 1 heterocycles. The Morgan fingerprint density at radius 3 is 2.62 bits per heavy atom. The molecule has 0 amide bonds. The van der Waals surface area contributed by atoms with Gasteiger partial charge in [-0.25, -0.2) is 0 Å². The largest absolute Gasteiger partial charge is 0.258 e. The first-order chi connectivity index (χ1) is 7.83. The molecule has 3 nitrogen and oxygen atoms in total. The molecule has 0 aliphatic heterocycles. The summed E-state index contributed by atoms with van der Waals surface area (Å²) >= 11 is 0. The Labute approximate surface area is 94.9 Å². The van der Waals surface area contributed by atoms with Crippen molar-refractivity contribution in [1.82, 2.24) is 9.78 Å². The van der Waals surface area contributed by atoms with Crippen molar-refractivity contribution in [3.63, 3.8) is 0 Å². The second kappa shape index (κ2) is 4.63. The molecule has 0 radical (unpaired) electrons. The van der Waals surface area contributed by atoms with Crippen LogP contribution in [-0.4, -0.2) is 9.78 Å². The molecule has 0 spiro atoms. The van der Waals surface area contributed by atoms with Gasteiger partial charge >= 0.3 is 0 Å². The summed E-state index contributed by atoms with van der Waals surface area (Å²) in [5.41, 5.74) is 3.52. The summed E-state index contributed by atoms with van der Waals surface area (Å²) in [6.07, 6.45) is 4.73. The normalized spacial score (nSPS) is 10.0. The quantitative estimate of drug-likeness (QED) is 0.783. The van der Waals surface area contributed by atoms with E-state index < -0.39 is 0 Å². The Kier molecular flexibility index (Phi) is 3.02. The van der Waals surface area contributed by atoms with E-state index in [-0.39, 0.29) is 0 Å². The van der Waals surface area contributed by atoms with Crippen molar-refractivity contribution in [2.24, 2.45) is 0 Å². The zero-order valence-corrected chi connectivity index (χ0v) is 9.22. The van der Waals surface area contributed by atoms with Crippen molar-refractivity contribution in [3.8, 4) is 17.2 Å². The number of nitrogens with zero attached hydrogens (tertiary/aromatic N) is 3. The number of aryl methyl sites for hydroxylation is 1. The molecule has 0 aliphatic carbocycles. The molecule has 16 heavy (non-hydrogen) atoms. The highest BCUT2D eigenvalue weighted by Gasteiger charge is 2.01. The van der Waals surface area contributed by atoms with Crippen LogP contribution in [0.25, 0.3) is 11.1 Å². The van der Waals surface area contributed by atoms with Crippen LogP contribution in [0.4, 0.5) is 0 Å². The molecule has 0 N–H and O–H groups in total. The summed E-state index contributed by atoms with van der Waals surface area (Å²) in [4.78, 5) is 0. The molecular formula is C13H13N3. The number of rotatable bonds is 3. The van der Waals surface area contributed by atoms with E-state index in [2.05, 4.69) is 42.4 Å². The highest BCUT2D eigenvalue weighted by atomic mass is 15.3. The Morgan fingerprint density at radius 1 is 1.25 bits per heavy atom. The second-order valence-corrected chi connectivity index (χ2v) is 3.64. The fourth-order valence-electron chi connectivity index (χ4n) is 1.60. The van der Waals surface area contributed by atoms with Crippen molar-refractivity contribution < 1.29 is 0 Å². The molecule has 80 valence electrons. The minimum Gasteiger partial charge on any atom is -0.258 e. The molecule has 2 aromatic rings. The Morgan fingerprint density at radius 2 is 2.00 bits per heavy atom. The second-order valence-electron chi connectivity index (χ2n) is 3.64. The minimum atomic E-state index is 0.299. The van der Waals surface area contributed by atoms with Crippen LogP contribution in [-0.2, 0) is 13.0 Å². The van der Waals surface area contributed by atoms with Crippen molar-refractivity contribution >= 4 is 0 Å². The first kappa shape index (κ1) is 10.4. The molecule has 0 bridgehead atoms. The number of aromatic nitrogens is 2. The highest BCUT2D eigenvalue weighted by molar-refractivity contribution is 5.61. The smallest absolute Gasteiger partial charge is 0.128 e. The van der Waals surface area contributed by atoms with Gasteiger partial charge in [0.15, 0.2) is 0 Å². The Bertz CT molecular complexity index is 503. The van der Waals surface area contributed by atoms with Gasteiger partial charge in [-0.1, -0.05) is 31.2 Å². The fourth-order valence-corrected chi connectivity index (χ4v) is 1.60. The highest BCUT2D eigenvalue weighted by Crippen LogP contribution is 2.19. The predicted octanol–water partition coefficient (Wildman–Crippen LogP) is 2.64. The number of benzene rings is 1. The van der Waals surface area contributed by atoms with E-state index in [1.54, 1.807) is 10.9 Å². The van der Waals surface area contributed by atoms with Crippen molar-refractivity contribution in [3.05, 3.63) is 42.2 Å². The van der Waals surface area contributed by atoms with Crippen LogP contribution in [0.5, 0.6) is 0 Å². The molecule has 3 heteroatoms. The summed E-state index contributed by atoms with van der Waals surface area (Å²) < 4.78 is 1.64. The SMILES string of the molecule is CCc1ccc(-c2cnn(CC#N)c2)cc1.